The number of aliphatic hydroxyl groups excluding tert-OH is 1. The predicted octanol–water partition coefficient (Wildman–Crippen LogP) is 0.718. The van der Waals surface area contributed by atoms with Crippen LogP contribution in [0.25, 0.3) is 0 Å². The maximum Gasteiger partial charge on any atom is 0.222 e. The fraction of sp³-hybridized carbons (Fsp3) is 0.929. The molecular formula is C14H28N2O3. The van der Waals surface area contributed by atoms with E-state index in [9.17, 15) is 4.79 Å². The molecule has 5 heteroatoms. The van der Waals surface area contributed by atoms with E-state index in [0.717, 1.165) is 39.0 Å². The average molecular weight is 272 g/mol. The van der Waals surface area contributed by atoms with E-state index in [1.165, 1.54) is 0 Å². The Balaban J connectivity index is 2.20. The first-order chi connectivity index (χ1) is 9.15. The zero-order chi connectivity index (χ0) is 14.1. The number of carbonyl (C=O) groups excluding carboxylic acids is 1. The third-order valence-electron chi connectivity index (χ3n) is 3.53. The standard InChI is InChI=1S/C14H28N2O3/c1-13(2)15(7-4-10-17)6-3-5-14(18)16-8-11-19-12-9-16/h13,17H,3-12H2,1-2H3. The molecule has 0 aromatic carbocycles. The topological polar surface area (TPSA) is 53.0 Å². The van der Waals surface area contributed by atoms with Gasteiger partial charge >= 0.3 is 0 Å². The summed E-state index contributed by atoms with van der Waals surface area (Å²) in [7, 11) is 0. The Labute approximate surface area is 116 Å². The van der Waals surface area contributed by atoms with Crippen LogP contribution in [0.5, 0.6) is 0 Å². The molecule has 19 heavy (non-hydrogen) atoms. The van der Waals surface area contributed by atoms with Gasteiger partial charge in [-0.25, -0.2) is 0 Å². The van der Waals surface area contributed by atoms with Gasteiger partial charge in [-0.1, -0.05) is 0 Å². The summed E-state index contributed by atoms with van der Waals surface area (Å²) in [5.74, 6) is 0.245. The molecule has 1 rings (SSSR count). The van der Waals surface area contributed by atoms with Crippen LogP contribution in [-0.2, 0) is 9.53 Å². The Morgan fingerprint density at radius 3 is 2.47 bits per heavy atom. The van der Waals surface area contributed by atoms with Gasteiger partial charge in [-0.2, -0.15) is 0 Å². The van der Waals surface area contributed by atoms with Crippen molar-refractivity contribution in [2.24, 2.45) is 0 Å². The Morgan fingerprint density at radius 2 is 1.89 bits per heavy atom. The number of hydrogen-bond donors (Lipinski definition) is 1. The van der Waals surface area contributed by atoms with Gasteiger partial charge < -0.3 is 19.6 Å². The van der Waals surface area contributed by atoms with Crippen LogP contribution in [0.15, 0.2) is 0 Å². The quantitative estimate of drug-likeness (QED) is 0.707. The number of rotatable bonds is 8. The highest BCUT2D eigenvalue weighted by Crippen LogP contribution is 2.06. The van der Waals surface area contributed by atoms with E-state index in [4.69, 9.17) is 9.84 Å². The second-order valence-electron chi connectivity index (χ2n) is 5.30. The first-order valence-electron chi connectivity index (χ1n) is 7.35. The molecule has 1 saturated heterocycles. The SMILES string of the molecule is CC(C)N(CCCO)CCCC(=O)N1CCOCC1. The molecule has 0 aromatic rings. The Hall–Kier alpha value is -0.650. The van der Waals surface area contributed by atoms with E-state index in [0.29, 0.717) is 25.7 Å². The summed E-state index contributed by atoms with van der Waals surface area (Å²) in [5, 5.41) is 8.88. The lowest BCUT2D eigenvalue weighted by atomic mass is 10.2. The fourth-order valence-electron chi connectivity index (χ4n) is 2.31. The highest BCUT2D eigenvalue weighted by atomic mass is 16.5. The van der Waals surface area contributed by atoms with Crippen molar-refractivity contribution in [1.29, 1.82) is 0 Å². The highest BCUT2D eigenvalue weighted by Gasteiger charge is 2.17. The van der Waals surface area contributed by atoms with Gasteiger partial charge in [-0.15, -0.1) is 0 Å². The summed E-state index contributed by atoms with van der Waals surface area (Å²) in [4.78, 5) is 16.2. The smallest absolute Gasteiger partial charge is 0.222 e. The van der Waals surface area contributed by atoms with Crippen molar-refractivity contribution in [1.82, 2.24) is 9.80 Å². The predicted molar refractivity (Wildman–Crippen MR) is 75.0 cm³/mol. The molecule has 0 radical (unpaired) electrons. The van der Waals surface area contributed by atoms with Gasteiger partial charge in [0, 0.05) is 38.7 Å². The van der Waals surface area contributed by atoms with Crippen molar-refractivity contribution in [3.8, 4) is 0 Å². The second kappa shape index (κ2) is 9.28. The number of hydrogen-bond acceptors (Lipinski definition) is 4. The van der Waals surface area contributed by atoms with Crippen molar-refractivity contribution in [2.45, 2.75) is 39.2 Å². The minimum atomic E-state index is 0.232. The van der Waals surface area contributed by atoms with E-state index in [1.807, 2.05) is 4.90 Å². The van der Waals surface area contributed by atoms with E-state index in [-0.39, 0.29) is 12.5 Å². The molecule has 0 unspecified atom stereocenters. The molecule has 0 bridgehead atoms. The molecule has 0 aromatic heterocycles. The summed E-state index contributed by atoms with van der Waals surface area (Å²) in [5.41, 5.74) is 0. The third kappa shape index (κ3) is 6.36. The van der Waals surface area contributed by atoms with Gasteiger partial charge in [0.05, 0.1) is 13.2 Å². The van der Waals surface area contributed by atoms with Crippen molar-refractivity contribution in [3.63, 3.8) is 0 Å². The van der Waals surface area contributed by atoms with E-state index < -0.39 is 0 Å². The molecule has 1 aliphatic rings. The monoisotopic (exact) mass is 272 g/mol. The molecule has 0 spiro atoms. The largest absolute Gasteiger partial charge is 0.396 e. The van der Waals surface area contributed by atoms with E-state index >= 15 is 0 Å². The lowest BCUT2D eigenvalue weighted by molar-refractivity contribution is -0.135. The molecule has 1 aliphatic heterocycles. The summed E-state index contributed by atoms with van der Waals surface area (Å²) in [6.45, 7) is 9.17. The number of amides is 1. The molecule has 1 heterocycles. The first kappa shape index (κ1) is 16.4. The van der Waals surface area contributed by atoms with Gasteiger partial charge in [0.2, 0.25) is 5.91 Å². The van der Waals surface area contributed by atoms with E-state index in [2.05, 4.69) is 18.7 Å². The van der Waals surface area contributed by atoms with Crippen LogP contribution < -0.4 is 0 Å². The van der Waals surface area contributed by atoms with Crippen LogP contribution in [0.1, 0.15) is 33.1 Å². The van der Waals surface area contributed by atoms with Gasteiger partial charge in [-0.3, -0.25) is 4.79 Å². The van der Waals surface area contributed by atoms with E-state index in [1.54, 1.807) is 0 Å². The summed E-state index contributed by atoms with van der Waals surface area (Å²) >= 11 is 0. The van der Waals surface area contributed by atoms with Gasteiger partial charge in [0.1, 0.15) is 0 Å². The highest BCUT2D eigenvalue weighted by molar-refractivity contribution is 5.76. The van der Waals surface area contributed by atoms with Crippen molar-refractivity contribution < 1.29 is 14.6 Å². The molecule has 1 N–H and O–H groups in total. The van der Waals surface area contributed by atoms with Crippen LogP contribution >= 0.6 is 0 Å². The van der Waals surface area contributed by atoms with Crippen LogP contribution in [0.3, 0.4) is 0 Å². The zero-order valence-corrected chi connectivity index (χ0v) is 12.3. The number of carbonyl (C=O) groups is 1. The minimum Gasteiger partial charge on any atom is -0.396 e. The molecule has 1 fully saturated rings. The summed E-state index contributed by atoms with van der Waals surface area (Å²) in [6, 6.07) is 0.463. The Kier molecular flexibility index (Phi) is 8.02. The molecule has 5 nitrogen and oxygen atoms in total. The lowest BCUT2D eigenvalue weighted by Gasteiger charge is -2.28. The van der Waals surface area contributed by atoms with Crippen molar-refractivity contribution in [2.75, 3.05) is 46.0 Å². The fourth-order valence-corrected chi connectivity index (χ4v) is 2.31. The zero-order valence-electron chi connectivity index (χ0n) is 12.3. The molecule has 0 saturated carbocycles. The Morgan fingerprint density at radius 1 is 1.26 bits per heavy atom. The van der Waals surface area contributed by atoms with Crippen molar-refractivity contribution >= 4 is 5.91 Å². The Bertz CT molecular complexity index is 253. The molecular weight excluding hydrogens is 244 g/mol. The number of ether oxygens (including phenoxy) is 1. The lowest BCUT2D eigenvalue weighted by Crippen LogP contribution is -2.41. The normalized spacial score (nSPS) is 16.4. The first-order valence-corrected chi connectivity index (χ1v) is 7.35. The molecule has 112 valence electrons. The van der Waals surface area contributed by atoms with Crippen molar-refractivity contribution in [3.05, 3.63) is 0 Å². The molecule has 0 aliphatic carbocycles. The van der Waals surface area contributed by atoms with Gasteiger partial charge in [0.15, 0.2) is 0 Å². The minimum absolute atomic E-state index is 0.232. The van der Waals surface area contributed by atoms with Crippen LogP contribution in [0.4, 0.5) is 0 Å². The van der Waals surface area contributed by atoms with Crippen LogP contribution in [0.2, 0.25) is 0 Å². The van der Waals surface area contributed by atoms with Gasteiger partial charge in [-0.05, 0) is 33.2 Å². The number of nitrogens with zero attached hydrogens (tertiary/aromatic N) is 2. The summed E-state index contributed by atoms with van der Waals surface area (Å²) in [6.07, 6.45) is 2.30. The maximum absolute atomic E-state index is 12.0. The van der Waals surface area contributed by atoms with Gasteiger partial charge in [0.25, 0.3) is 0 Å². The number of morpholine rings is 1. The van der Waals surface area contributed by atoms with Crippen LogP contribution in [-0.4, -0.2) is 72.9 Å². The van der Waals surface area contributed by atoms with Crippen LogP contribution in [0, 0.1) is 0 Å². The summed E-state index contributed by atoms with van der Waals surface area (Å²) < 4.78 is 5.24. The maximum atomic E-state index is 12.0. The molecule has 0 atom stereocenters. The second-order valence-corrected chi connectivity index (χ2v) is 5.30. The average Bonchev–Trinajstić information content (AvgIpc) is 2.43. The number of aliphatic hydroxyl groups is 1. The molecule has 1 amide bonds. The third-order valence-corrected chi connectivity index (χ3v) is 3.53.